The Morgan fingerprint density at radius 1 is 1.60 bits per heavy atom. The lowest BCUT2D eigenvalue weighted by Gasteiger charge is -1.86. The number of nitrogens with zero attached hydrogens (tertiary/aromatic N) is 3. The molecular weight excluding hydrogens is 132 g/mol. The average molecular weight is 140 g/mol. The van der Waals surface area contributed by atoms with E-state index >= 15 is 0 Å². The van der Waals surface area contributed by atoms with Gasteiger partial charge in [-0.2, -0.15) is 5.21 Å². The molecule has 0 aromatic carbocycles. The van der Waals surface area contributed by atoms with Crippen LogP contribution in [0.2, 0.25) is 0 Å². The van der Waals surface area contributed by atoms with Gasteiger partial charge in [-0.1, -0.05) is 5.21 Å². The molecule has 0 amide bonds. The molecule has 1 heterocycles. The molecule has 1 aromatic rings. The Kier molecular flexibility index (Phi) is 2.54. The van der Waals surface area contributed by atoms with Crippen LogP contribution in [0.15, 0.2) is 0 Å². The third-order valence-corrected chi connectivity index (χ3v) is 1.11. The quantitative estimate of drug-likeness (QED) is 0.461. The molecule has 5 heteroatoms. The van der Waals surface area contributed by atoms with Gasteiger partial charge in [0.25, 0.3) is 0 Å². The summed E-state index contributed by atoms with van der Waals surface area (Å²) in [6.07, 6.45) is 2.97. The molecule has 0 bridgehead atoms. The molecular formula is C5H8N4O. The van der Waals surface area contributed by atoms with E-state index in [1.54, 1.807) is 0 Å². The molecule has 0 saturated carbocycles. The van der Waals surface area contributed by atoms with Crippen LogP contribution in [0.1, 0.15) is 18.7 Å². The Bertz CT molecular complexity index is 184. The number of carbonyl (C=O) groups excluding carboxylic acids is 1. The van der Waals surface area contributed by atoms with Crippen molar-refractivity contribution in [2.75, 3.05) is 0 Å². The number of hydrogen-bond acceptors (Lipinski definition) is 4. The second-order valence-electron chi connectivity index (χ2n) is 1.89. The molecule has 0 fully saturated rings. The fraction of sp³-hybridized carbons (Fsp3) is 0.600. The third kappa shape index (κ3) is 1.93. The monoisotopic (exact) mass is 140 g/mol. The maximum atomic E-state index is 9.87. The van der Waals surface area contributed by atoms with Crippen molar-refractivity contribution in [2.24, 2.45) is 0 Å². The largest absolute Gasteiger partial charge is 0.303 e. The molecule has 1 rings (SSSR count). The molecule has 0 aliphatic carbocycles. The van der Waals surface area contributed by atoms with Gasteiger partial charge < -0.3 is 4.79 Å². The SMILES string of the molecule is O=CCCCc1nn[nH]n1. The summed E-state index contributed by atoms with van der Waals surface area (Å²) in [4.78, 5) is 9.87. The van der Waals surface area contributed by atoms with Gasteiger partial charge in [-0.3, -0.25) is 0 Å². The highest BCUT2D eigenvalue weighted by atomic mass is 16.1. The Balaban J connectivity index is 2.21. The van der Waals surface area contributed by atoms with Crippen LogP contribution in [-0.2, 0) is 11.2 Å². The minimum absolute atomic E-state index is 0.564. The maximum absolute atomic E-state index is 9.87. The molecule has 0 aliphatic rings. The van der Waals surface area contributed by atoms with Crippen LogP contribution < -0.4 is 0 Å². The first-order chi connectivity index (χ1) is 4.93. The standard InChI is InChI=1S/C5H8N4O/c10-4-2-1-3-5-6-8-9-7-5/h4H,1-3H2,(H,6,7,8,9). The van der Waals surface area contributed by atoms with Crippen LogP contribution in [0, 0.1) is 0 Å². The van der Waals surface area contributed by atoms with E-state index in [0.29, 0.717) is 12.2 Å². The molecule has 10 heavy (non-hydrogen) atoms. The minimum atomic E-state index is 0.564. The van der Waals surface area contributed by atoms with Gasteiger partial charge in [-0.25, -0.2) is 0 Å². The fourth-order valence-corrected chi connectivity index (χ4v) is 0.632. The zero-order valence-electron chi connectivity index (χ0n) is 5.45. The lowest BCUT2D eigenvalue weighted by Crippen LogP contribution is -1.88. The summed E-state index contributed by atoms with van der Waals surface area (Å²) in [5, 5.41) is 13.2. The van der Waals surface area contributed by atoms with Crippen LogP contribution >= 0.6 is 0 Å². The summed E-state index contributed by atoms with van der Waals surface area (Å²) in [6, 6.07) is 0. The highest BCUT2D eigenvalue weighted by Gasteiger charge is 1.95. The lowest BCUT2D eigenvalue weighted by molar-refractivity contribution is -0.107. The zero-order valence-corrected chi connectivity index (χ0v) is 5.45. The molecule has 1 N–H and O–H groups in total. The molecule has 5 nitrogen and oxygen atoms in total. The molecule has 0 spiro atoms. The highest BCUT2D eigenvalue weighted by molar-refractivity contribution is 5.49. The van der Waals surface area contributed by atoms with Crippen molar-refractivity contribution in [1.29, 1.82) is 0 Å². The fourth-order valence-electron chi connectivity index (χ4n) is 0.632. The normalized spacial score (nSPS) is 9.60. The molecule has 1 aromatic heterocycles. The van der Waals surface area contributed by atoms with Crippen molar-refractivity contribution in [3.8, 4) is 0 Å². The number of unbranched alkanes of at least 4 members (excludes halogenated alkanes) is 1. The predicted molar refractivity (Wildman–Crippen MR) is 33.2 cm³/mol. The summed E-state index contributed by atoms with van der Waals surface area (Å²) < 4.78 is 0. The molecule has 54 valence electrons. The van der Waals surface area contributed by atoms with E-state index in [4.69, 9.17) is 0 Å². The highest BCUT2D eigenvalue weighted by Crippen LogP contribution is 1.93. The van der Waals surface area contributed by atoms with Crippen LogP contribution in [0.3, 0.4) is 0 Å². The second kappa shape index (κ2) is 3.71. The summed E-state index contributed by atoms with van der Waals surface area (Å²) >= 11 is 0. The number of tetrazole rings is 1. The van der Waals surface area contributed by atoms with Crippen molar-refractivity contribution in [3.05, 3.63) is 5.82 Å². The number of H-pyrrole nitrogens is 1. The van der Waals surface area contributed by atoms with Gasteiger partial charge in [0.1, 0.15) is 6.29 Å². The molecule has 0 atom stereocenters. The van der Waals surface area contributed by atoms with Crippen molar-refractivity contribution >= 4 is 6.29 Å². The van der Waals surface area contributed by atoms with Crippen molar-refractivity contribution < 1.29 is 4.79 Å². The number of aldehydes is 1. The topological polar surface area (TPSA) is 71.5 Å². The first-order valence-electron chi connectivity index (χ1n) is 3.09. The van der Waals surface area contributed by atoms with E-state index in [9.17, 15) is 4.79 Å². The van der Waals surface area contributed by atoms with Gasteiger partial charge in [0, 0.05) is 12.8 Å². The minimum Gasteiger partial charge on any atom is -0.303 e. The smallest absolute Gasteiger partial charge is 0.174 e. The van der Waals surface area contributed by atoms with Crippen LogP contribution in [0.4, 0.5) is 0 Å². The molecule has 0 saturated heterocycles. The van der Waals surface area contributed by atoms with Crippen molar-refractivity contribution in [1.82, 2.24) is 20.6 Å². The summed E-state index contributed by atoms with van der Waals surface area (Å²) in [5.41, 5.74) is 0. The average Bonchev–Trinajstić information content (AvgIpc) is 2.41. The van der Waals surface area contributed by atoms with Crippen molar-refractivity contribution in [2.45, 2.75) is 19.3 Å². The van der Waals surface area contributed by atoms with E-state index in [2.05, 4.69) is 20.6 Å². The van der Waals surface area contributed by atoms with Crippen LogP contribution in [0.25, 0.3) is 0 Å². The number of rotatable bonds is 4. The molecule has 0 radical (unpaired) electrons. The van der Waals surface area contributed by atoms with Crippen LogP contribution in [0.5, 0.6) is 0 Å². The summed E-state index contributed by atoms with van der Waals surface area (Å²) in [5.74, 6) is 0.668. The van der Waals surface area contributed by atoms with Gasteiger partial charge in [0.05, 0.1) is 0 Å². The van der Waals surface area contributed by atoms with Gasteiger partial charge in [0.15, 0.2) is 5.82 Å². The van der Waals surface area contributed by atoms with E-state index in [0.717, 1.165) is 19.1 Å². The molecule has 0 aliphatic heterocycles. The number of aromatic amines is 1. The van der Waals surface area contributed by atoms with Crippen molar-refractivity contribution in [3.63, 3.8) is 0 Å². The van der Waals surface area contributed by atoms with Gasteiger partial charge >= 0.3 is 0 Å². The Morgan fingerprint density at radius 2 is 2.50 bits per heavy atom. The van der Waals surface area contributed by atoms with E-state index < -0.39 is 0 Å². The Morgan fingerprint density at radius 3 is 3.10 bits per heavy atom. The maximum Gasteiger partial charge on any atom is 0.174 e. The summed E-state index contributed by atoms with van der Waals surface area (Å²) in [7, 11) is 0. The van der Waals surface area contributed by atoms with Gasteiger partial charge in [-0.05, 0) is 6.42 Å². The number of hydrogen-bond donors (Lipinski definition) is 1. The van der Waals surface area contributed by atoms with E-state index in [1.165, 1.54) is 0 Å². The number of nitrogens with one attached hydrogen (secondary N) is 1. The Labute approximate surface area is 57.8 Å². The predicted octanol–water partition coefficient (Wildman–Crippen LogP) is -0.279. The van der Waals surface area contributed by atoms with E-state index in [-0.39, 0.29) is 0 Å². The van der Waals surface area contributed by atoms with E-state index in [1.807, 2.05) is 0 Å². The second-order valence-corrected chi connectivity index (χ2v) is 1.89. The first kappa shape index (κ1) is 6.85. The molecule has 0 unspecified atom stereocenters. The number of carbonyl (C=O) groups is 1. The van der Waals surface area contributed by atoms with Gasteiger partial charge in [-0.15, -0.1) is 10.2 Å². The first-order valence-corrected chi connectivity index (χ1v) is 3.09. The Hall–Kier alpha value is -1.26. The zero-order chi connectivity index (χ0) is 7.23. The lowest BCUT2D eigenvalue weighted by atomic mass is 10.2. The third-order valence-electron chi connectivity index (χ3n) is 1.11. The van der Waals surface area contributed by atoms with Gasteiger partial charge in [0.2, 0.25) is 0 Å². The number of aryl methyl sites for hydroxylation is 1. The number of aromatic nitrogens is 4. The summed E-state index contributed by atoms with van der Waals surface area (Å²) in [6.45, 7) is 0. The van der Waals surface area contributed by atoms with Crippen LogP contribution in [-0.4, -0.2) is 26.9 Å².